The van der Waals surface area contributed by atoms with Gasteiger partial charge >= 0.3 is 5.97 Å². The number of methoxy groups -OCH3 is 1. The Hall–Kier alpha value is -1.85. The van der Waals surface area contributed by atoms with Crippen LogP contribution in [0.4, 0.5) is 0 Å². The van der Waals surface area contributed by atoms with E-state index in [0.717, 1.165) is 10.2 Å². The summed E-state index contributed by atoms with van der Waals surface area (Å²) in [6.45, 7) is -0.383. The quantitative estimate of drug-likeness (QED) is 0.885. The summed E-state index contributed by atoms with van der Waals surface area (Å²) in [5.41, 5.74) is 0.601. The molecule has 5 heteroatoms. The van der Waals surface area contributed by atoms with Gasteiger partial charge in [0.2, 0.25) is 0 Å². The Bertz CT molecular complexity index is 557. The van der Waals surface area contributed by atoms with Crippen LogP contribution in [0.15, 0.2) is 59.1 Å². The van der Waals surface area contributed by atoms with Crippen molar-refractivity contribution in [1.82, 2.24) is 0 Å². The van der Waals surface area contributed by atoms with Gasteiger partial charge < -0.3 is 14.9 Å². The predicted octanol–water partition coefficient (Wildman–Crippen LogP) is 3.30. The van der Waals surface area contributed by atoms with Crippen LogP contribution in [-0.4, -0.2) is 29.9 Å². The fraction of sp³-hybridized carbons (Fsp3) is 0.188. The minimum atomic E-state index is -1.01. The average Bonchev–Trinajstić information content (AvgIpc) is 2.49. The molecule has 0 fully saturated rings. The minimum absolute atomic E-state index is 0.383. The number of halogens is 1. The predicted molar refractivity (Wildman–Crippen MR) is 84.6 cm³/mol. The maximum absolute atomic E-state index is 10.7. The van der Waals surface area contributed by atoms with Gasteiger partial charge in [-0.1, -0.05) is 46.3 Å². The SMILES string of the molecule is COc1ccccc1.O=C(O)[C@@H](CO)c1cccc(Br)c1. The number of carbonyl (C=O) groups is 1. The van der Waals surface area contributed by atoms with E-state index in [0.29, 0.717) is 5.56 Å². The fourth-order valence-electron chi connectivity index (χ4n) is 1.61. The second-order valence-corrected chi connectivity index (χ2v) is 5.06. The highest BCUT2D eigenvalue weighted by Gasteiger charge is 2.18. The maximum Gasteiger partial charge on any atom is 0.313 e. The van der Waals surface area contributed by atoms with Crippen LogP contribution in [0.1, 0.15) is 11.5 Å². The van der Waals surface area contributed by atoms with Gasteiger partial charge in [0, 0.05) is 4.47 Å². The van der Waals surface area contributed by atoms with Crippen molar-refractivity contribution < 1.29 is 19.7 Å². The maximum atomic E-state index is 10.7. The summed E-state index contributed by atoms with van der Waals surface area (Å²) < 4.78 is 5.72. The van der Waals surface area contributed by atoms with Crippen molar-refractivity contribution in [2.45, 2.75) is 5.92 Å². The first-order valence-corrected chi connectivity index (χ1v) is 7.06. The van der Waals surface area contributed by atoms with Crippen LogP contribution >= 0.6 is 15.9 Å². The molecule has 2 N–H and O–H groups in total. The third-order valence-corrected chi connectivity index (χ3v) is 3.20. The summed E-state index contributed by atoms with van der Waals surface area (Å²) in [5.74, 6) is -0.939. The summed E-state index contributed by atoms with van der Waals surface area (Å²) in [5, 5.41) is 17.6. The number of hydrogen-bond acceptors (Lipinski definition) is 3. The molecule has 2 aromatic rings. The molecule has 21 heavy (non-hydrogen) atoms. The molecular formula is C16H17BrO4. The van der Waals surface area contributed by atoms with Gasteiger partial charge in [-0.25, -0.2) is 0 Å². The first-order chi connectivity index (χ1) is 10.1. The molecule has 4 nitrogen and oxygen atoms in total. The molecule has 0 heterocycles. The lowest BCUT2D eigenvalue weighted by Crippen LogP contribution is -2.15. The summed E-state index contributed by atoms with van der Waals surface area (Å²) in [6, 6.07) is 16.6. The van der Waals surface area contributed by atoms with Crippen LogP contribution in [0, 0.1) is 0 Å². The number of carboxylic acids is 1. The minimum Gasteiger partial charge on any atom is -0.497 e. The number of carboxylic acid groups (broad SMARTS) is 1. The molecule has 0 saturated heterocycles. The Kier molecular flexibility index (Phi) is 7.50. The molecule has 0 bridgehead atoms. The van der Waals surface area contributed by atoms with Crippen molar-refractivity contribution >= 4 is 21.9 Å². The Balaban J connectivity index is 0.000000235. The molecule has 112 valence electrons. The lowest BCUT2D eigenvalue weighted by Gasteiger charge is -2.08. The van der Waals surface area contributed by atoms with E-state index < -0.39 is 11.9 Å². The highest BCUT2D eigenvalue weighted by molar-refractivity contribution is 9.10. The standard InChI is InChI=1S/C9H9BrO3.C7H8O/c10-7-3-1-2-6(4-7)8(5-11)9(12)13;1-8-7-5-3-2-4-6-7/h1-4,8,11H,5H2,(H,12,13);2-6H,1H3/t8-;/m0./s1. The number of hydrogen-bond donors (Lipinski definition) is 2. The first kappa shape index (κ1) is 17.2. The van der Waals surface area contributed by atoms with Crippen molar-refractivity contribution in [3.63, 3.8) is 0 Å². The molecule has 0 radical (unpaired) electrons. The molecule has 0 aromatic heterocycles. The molecule has 0 saturated carbocycles. The van der Waals surface area contributed by atoms with Gasteiger partial charge in [0.15, 0.2) is 0 Å². The summed E-state index contributed by atoms with van der Waals surface area (Å²) in [7, 11) is 1.66. The third kappa shape index (κ3) is 5.97. The third-order valence-electron chi connectivity index (χ3n) is 2.71. The second kappa shape index (κ2) is 9.15. The van der Waals surface area contributed by atoms with Crippen LogP contribution in [0.5, 0.6) is 5.75 Å². The number of ether oxygens (including phenoxy) is 1. The zero-order chi connectivity index (χ0) is 15.7. The number of aliphatic carboxylic acids is 1. The van der Waals surface area contributed by atoms with E-state index in [9.17, 15) is 4.79 Å². The van der Waals surface area contributed by atoms with E-state index in [4.69, 9.17) is 14.9 Å². The van der Waals surface area contributed by atoms with Gasteiger partial charge in [0.05, 0.1) is 13.7 Å². The Labute approximate surface area is 132 Å². The molecule has 0 aliphatic carbocycles. The summed E-state index contributed by atoms with van der Waals surface area (Å²) in [4.78, 5) is 10.7. The molecule has 0 unspecified atom stereocenters. The topological polar surface area (TPSA) is 66.8 Å². The summed E-state index contributed by atoms with van der Waals surface area (Å²) in [6.07, 6.45) is 0. The Morgan fingerprint density at radius 1 is 1.19 bits per heavy atom. The van der Waals surface area contributed by atoms with E-state index in [2.05, 4.69) is 15.9 Å². The van der Waals surface area contributed by atoms with Crippen LogP contribution in [0.3, 0.4) is 0 Å². The molecular weight excluding hydrogens is 336 g/mol. The zero-order valence-electron chi connectivity index (χ0n) is 11.6. The smallest absolute Gasteiger partial charge is 0.313 e. The lowest BCUT2D eigenvalue weighted by atomic mass is 10.0. The van der Waals surface area contributed by atoms with Crippen molar-refractivity contribution in [3.05, 3.63) is 64.6 Å². The highest BCUT2D eigenvalue weighted by atomic mass is 79.9. The van der Waals surface area contributed by atoms with Crippen molar-refractivity contribution in [2.24, 2.45) is 0 Å². The fourth-order valence-corrected chi connectivity index (χ4v) is 2.02. The number of aliphatic hydroxyl groups excluding tert-OH is 1. The molecule has 0 spiro atoms. The molecule has 2 aromatic carbocycles. The number of aliphatic hydroxyl groups is 1. The van der Waals surface area contributed by atoms with E-state index in [1.165, 1.54) is 0 Å². The molecule has 0 amide bonds. The van der Waals surface area contributed by atoms with Gasteiger partial charge in [-0.2, -0.15) is 0 Å². The van der Waals surface area contributed by atoms with E-state index >= 15 is 0 Å². The van der Waals surface area contributed by atoms with Crippen molar-refractivity contribution in [1.29, 1.82) is 0 Å². The normalized spacial score (nSPS) is 11.0. The monoisotopic (exact) mass is 352 g/mol. The van der Waals surface area contributed by atoms with E-state index in [1.54, 1.807) is 31.4 Å². The van der Waals surface area contributed by atoms with Gasteiger partial charge in [0.25, 0.3) is 0 Å². The number of rotatable bonds is 4. The van der Waals surface area contributed by atoms with Crippen LogP contribution in [0.2, 0.25) is 0 Å². The molecule has 2 rings (SSSR count). The number of para-hydroxylation sites is 1. The first-order valence-electron chi connectivity index (χ1n) is 6.26. The molecule has 0 aliphatic heterocycles. The lowest BCUT2D eigenvalue weighted by molar-refractivity contribution is -0.139. The zero-order valence-corrected chi connectivity index (χ0v) is 13.2. The molecule has 1 atom stereocenters. The van der Waals surface area contributed by atoms with Gasteiger partial charge in [-0.3, -0.25) is 4.79 Å². The highest BCUT2D eigenvalue weighted by Crippen LogP contribution is 2.19. The molecule has 0 aliphatic rings. The van der Waals surface area contributed by atoms with E-state index in [1.807, 2.05) is 30.3 Å². The van der Waals surface area contributed by atoms with Crippen molar-refractivity contribution in [2.75, 3.05) is 13.7 Å². The second-order valence-electron chi connectivity index (χ2n) is 4.15. The largest absolute Gasteiger partial charge is 0.497 e. The van der Waals surface area contributed by atoms with Crippen LogP contribution in [-0.2, 0) is 4.79 Å². The number of benzene rings is 2. The summed E-state index contributed by atoms with van der Waals surface area (Å²) >= 11 is 3.23. The Morgan fingerprint density at radius 3 is 2.29 bits per heavy atom. The van der Waals surface area contributed by atoms with E-state index in [-0.39, 0.29) is 6.61 Å². The average molecular weight is 353 g/mol. The van der Waals surface area contributed by atoms with Crippen molar-refractivity contribution in [3.8, 4) is 5.75 Å². The van der Waals surface area contributed by atoms with Gasteiger partial charge in [0.1, 0.15) is 11.7 Å². The van der Waals surface area contributed by atoms with Crippen LogP contribution in [0.25, 0.3) is 0 Å². The van der Waals surface area contributed by atoms with Crippen LogP contribution < -0.4 is 4.74 Å². The Morgan fingerprint density at radius 2 is 1.86 bits per heavy atom. The van der Waals surface area contributed by atoms with Gasteiger partial charge in [-0.05, 0) is 29.8 Å². The van der Waals surface area contributed by atoms with Gasteiger partial charge in [-0.15, -0.1) is 0 Å².